The Hall–Kier alpha value is -3.20. The molecule has 2 atom stereocenters. The number of amides is 1. The van der Waals surface area contributed by atoms with Crippen molar-refractivity contribution in [3.8, 4) is 17.1 Å². The van der Waals surface area contributed by atoms with E-state index in [1.165, 1.54) is 0 Å². The third-order valence-electron chi connectivity index (χ3n) is 6.99. The van der Waals surface area contributed by atoms with Crippen LogP contribution in [0, 0.1) is 19.7 Å². The van der Waals surface area contributed by atoms with Crippen LogP contribution in [0.25, 0.3) is 22.2 Å². The van der Waals surface area contributed by atoms with Crippen molar-refractivity contribution in [3.05, 3.63) is 22.8 Å². The number of ether oxygens (including phenoxy) is 2. The van der Waals surface area contributed by atoms with Crippen molar-refractivity contribution >= 4 is 56.4 Å². The van der Waals surface area contributed by atoms with Crippen LogP contribution in [-0.4, -0.2) is 65.1 Å². The lowest BCUT2D eigenvalue weighted by atomic mass is 9.84. The number of halogens is 1. The summed E-state index contributed by atoms with van der Waals surface area (Å²) in [6.45, 7) is 14.1. The Labute approximate surface area is 238 Å². The average molecular weight is 566 g/mol. The van der Waals surface area contributed by atoms with Gasteiger partial charge in [0.1, 0.15) is 41.7 Å². The van der Waals surface area contributed by atoms with Gasteiger partial charge in [-0.15, -0.1) is 9.24 Å². The van der Waals surface area contributed by atoms with Crippen molar-refractivity contribution < 1.29 is 18.7 Å². The van der Waals surface area contributed by atoms with Gasteiger partial charge in [-0.2, -0.15) is 0 Å². The predicted octanol–water partition coefficient (Wildman–Crippen LogP) is 3.71. The van der Waals surface area contributed by atoms with Crippen molar-refractivity contribution in [2.75, 3.05) is 30.7 Å². The van der Waals surface area contributed by atoms with E-state index in [-0.39, 0.29) is 23.2 Å². The summed E-state index contributed by atoms with van der Waals surface area (Å²) >= 11 is 0. The molecule has 1 aliphatic heterocycles. The van der Waals surface area contributed by atoms with Crippen LogP contribution < -0.4 is 26.6 Å². The van der Waals surface area contributed by atoms with Crippen LogP contribution in [0.2, 0.25) is 0 Å². The van der Waals surface area contributed by atoms with E-state index in [0.29, 0.717) is 71.5 Å². The van der Waals surface area contributed by atoms with E-state index < -0.39 is 17.5 Å². The number of nitrogen functional groups attached to an aromatic ring is 1. The molecule has 2 unspecified atom stereocenters. The molecule has 3 aromatic rings. The van der Waals surface area contributed by atoms with Crippen molar-refractivity contribution in [2.24, 2.45) is 0 Å². The molecule has 1 amide bonds. The first kappa shape index (κ1) is 29.8. The number of anilines is 2. The Morgan fingerprint density at radius 3 is 2.60 bits per heavy atom. The Balaban J connectivity index is 1.90. The summed E-state index contributed by atoms with van der Waals surface area (Å²) in [6, 6.07) is 0. The predicted molar refractivity (Wildman–Crippen MR) is 162 cm³/mol. The Bertz CT molecular complexity index is 1450. The number of hydrogen-bond donors (Lipinski definition) is 2. The van der Waals surface area contributed by atoms with E-state index >= 15 is 4.39 Å². The highest BCUT2D eigenvalue weighted by Gasteiger charge is 2.28. The summed E-state index contributed by atoms with van der Waals surface area (Å²) in [4.78, 5) is 28.5. The lowest BCUT2D eigenvalue weighted by Gasteiger charge is -2.28. The number of aryl methyl sites for hydroxylation is 1. The molecule has 0 fully saturated rings. The minimum absolute atomic E-state index is 0.0731. The molecule has 0 saturated carbocycles. The molecule has 1 aromatic carbocycles. The van der Waals surface area contributed by atoms with Gasteiger partial charge in [0.2, 0.25) is 5.88 Å². The van der Waals surface area contributed by atoms with Crippen molar-refractivity contribution in [3.63, 3.8) is 0 Å². The molecule has 9 nitrogen and oxygen atoms in total. The third-order valence-corrected chi connectivity index (χ3v) is 7.59. The number of hydrogen-bond acceptors (Lipinski definition) is 8. The molecule has 4 rings (SSSR count). The van der Waals surface area contributed by atoms with Crippen LogP contribution in [0.3, 0.4) is 0 Å². The molecule has 0 saturated heterocycles. The number of carbonyl (C=O) groups is 1. The van der Waals surface area contributed by atoms with Gasteiger partial charge in [-0.1, -0.05) is 17.9 Å². The number of nitrogens with zero attached hydrogens (tertiary/aromatic N) is 4. The normalized spacial score (nSPS) is 16.2. The van der Waals surface area contributed by atoms with Crippen molar-refractivity contribution in [1.29, 1.82) is 0 Å². The maximum absolute atomic E-state index is 16.4. The topological polar surface area (TPSA) is 115 Å². The number of nitrogens with one attached hydrogen (secondary N) is 1. The summed E-state index contributed by atoms with van der Waals surface area (Å²) in [5.41, 5.74) is 8.69. The zero-order chi connectivity index (χ0) is 29.5. The maximum atomic E-state index is 16.4. The molecule has 40 heavy (non-hydrogen) atoms. The molecule has 0 spiro atoms. The second-order valence-electron chi connectivity index (χ2n) is 11.1. The molecule has 3 heterocycles. The third kappa shape index (κ3) is 5.80. The van der Waals surface area contributed by atoms with Gasteiger partial charge >= 0.3 is 6.09 Å². The number of benzene rings is 1. The number of carbonyl (C=O) groups excluding carboxylic acids is 1. The molecule has 0 aliphatic carbocycles. The average Bonchev–Trinajstić information content (AvgIpc) is 2.91. The molecule has 0 bridgehead atoms. The quantitative estimate of drug-likeness (QED) is 0.274. The summed E-state index contributed by atoms with van der Waals surface area (Å²) in [6.07, 6.45) is 0.206. The fourth-order valence-electron chi connectivity index (χ4n) is 4.62. The van der Waals surface area contributed by atoms with E-state index in [0.717, 1.165) is 11.1 Å². The molecule has 2 aromatic heterocycles. The van der Waals surface area contributed by atoms with Crippen LogP contribution in [0.1, 0.15) is 58.0 Å². The molecule has 1 aliphatic rings. The fourth-order valence-corrected chi connectivity index (χ4v) is 5.13. The molecular formula is C28H37BFN6O3P. The Morgan fingerprint density at radius 2 is 1.95 bits per heavy atom. The highest BCUT2D eigenvalue weighted by molar-refractivity contribution is 7.28. The zero-order valence-electron chi connectivity index (χ0n) is 24.2. The first-order valence-corrected chi connectivity index (χ1v) is 14.0. The Kier molecular flexibility index (Phi) is 8.45. The summed E-state index contributed by atoms with van der Waals surface area (Å²) in [5, 5.41) is 4.17. The van der Waals surface area contributed by atoms with Crippen molar-refractivity contribution in [1.82, 2.24) is 19.9 Å². The van der Waals surface area contributed by atoms with Gasteiger partial charge in [-0.3, -0.25) is 0 Å². The van der Waals surface area contributed by atoms with E-state index in [2.05, 4.69) is 24.5 Å². The number of rotatable bonds is 2. The maximum Gasteiger partial charge on any atom is 0.410 e. The summed E-state index contributed by atoms with van der Waals surface area (Å²) in [7, 11) is 8.78. The Morgan fingerprint density at radius 1 is 1.25 bits per heavy atom. The van der Waals surface area contributed by atoms with Gasteiger partial charge in [-0.05, 0) is 47.1 Å². The van der Waals surface area contributed by atoms with Crippen LogP contribution in [-0.2, 0) is 11.2 Å². The van der Waals surface area contributed by atoms with Crippen LogP contribution in [0.15, 0.2) is 0 Å². The zero-order valence-corrected chi connectivity index (χ0v) is 25.4. The van der Waals surface area contributed by atoms with E-state index in [4.69, 9.17) is 28.0 Å². The minimum Gasteiger partial charge on any atom is -0.474 e. The minimum atomic E-state index is -0.625. The molecule has 212 valence electrons. The van der Waals surface area contributed by atoms with Crippen LogP contribution in [0.4, 0.5) is 20.7 Å². The summed E-state index contributed by atoms with van der Waals surface area (Å²) in [5.74, 6) is 0.450. The fraction of sp³-hybridized carbons (Fsp3) is 0.500. The van der Waals surface area contributed by atoms with E-state index in [1.807, 2.05) is 48.5 Å². The van der Waals surface area contributed by atoms with Gasteiger partial charge < -0.3 is 25.4 Å². The van der Waals surface area contributed by atoms with E-state index in [1.54, 1.807) is 4.90 Å². The highest BCUT2D eigenvalue weighted by atomic mass is 31.0. The standard InChI is InChI=1S/C28H37BFN6O3P/c1-8-16-33-23-18-25(34-16)32-10-12-36(27(37)39-28(5,6)7)11-9-13(2)38-26(18)35-22(20(23)30)17-14(3)15(4)19(29)21(31)24(17)40/h13H,8-12,31,40H2,1-7H3,(H,32,33,34). The summed E-state index contributed by atoms with van der Waals surface area (Å²) < 4.78 is 28.4. The van der Waals surface area contributed by atoms with Gasteiger partial charge in [0.05, 0.1) is 6.10 Å². The van der Waals surface area contributed by atoms with Crippen molar-refractivity contribution in [2.45, 2.75) is 73.0 Å². The highest BCUT2D eigenvalue weighted by Crippen LogP contribution is 2.38. The largest absolute Gasteiger partial charge is 0.474 e. The molecular weight excluding hydrogens is 529 g/mol. The second-order valence-corrected chi connectivity index (χ2v) is 11.7. The second kappa shape index (κ2) is 11.4. The lowest BCUT2D eigenvalue weighted by Crippen LogP contribution is -2.40. The number of nitrogens with two attached hydrogens (primary N) is 1. The van der Waals surface area contributed by atoms with E-state index in [9.17, 15) is 4.79 Å². The van der Waals surface area contributed by atoms with Gasteiger partial charge in [-0.25, -0.2) is 24.1 Å². The molecule has 12 heteroatoms. The first-order valence-electron chi connectivity index (χ1n) is 13.5. The lowest BCUT2D eigenvalue weighted by molar-refractivity contribution is 0.0238. The van der Waals surface area contributed by atoms with Gasteiger partial charge in [0.25, 0.3) is 0 Å². The monoisotopic (exact) mass is 566 g/mol. The molecule has 2 radical (unpaired) electrons. The van der Waals surface area contributed by atoms with Gasteiger partial charge in [0, 0.05) is 49.0 Å². The SMILES string of the molecule is [B]c1c(C)c(C)c(-c2nc3c4c(nc(CC)nc4c2F)NCCN(C(=O)OC(C)(C)C)CCC(C)O3)c(P)c1N. The number of pyridine rings is 1. The van der Waals surface area contributed by atoms with Gasteiger partial charge in [0.15, 0.2) is 5.82 Å². The smallest absolute Gasteiger partial charge is 0.410 e. The van der Waals surface area contributed by atoms with Crippen LogP contribution in [0.5, 0.6) is 5.88 Å². The van der Waals surface area contributed by atoms with Crippen LogP contribution >= 0.6 is 9.24 Å². The number of aromatic nitrogens is 3. The molecule has 3 N–H and O–H groups in total. The first-order chi connectivity index (χ1) is 18.7.